The SMILES string of the molecule is CC(CN(C)S(=O)(=O)c1ccc(F)c(F)c1)C(=O)O. The first-order valence-electron chi connectivity index (χ1n) is 5.30. The van der Waals surface area contributed by atoms with Crippen LogP contribution in [0.2, 0.25) is 0 Å². The second-order valence-corrected chi connectivity index (χ2v) is 6.15. The van der Waals surface area contributed by atoms with Gasteiger partial charge in [0.1, 0.15) is 0 Å². The van der Waals surface area contributed by atoms with Crippen LogP contribution >= 0.6 is 0 Å². The van der Waals surface area contributed by atoms with Crippen molar-refractivity contribution in [2.75, 3.05) is 13.6 Å². The van der Waals surface area contributed by atoms with Crippen LogP contribution in [0.1, 0.15) is 6.92 Å². The smallest absolute Gasteiger partial charge is 0.307 e. The molecule has 0 aliphatic heterocycles. The molecule has 0 spiro atoms. The summed E-state index contributed by atoms with van der Waals surface area (Å²) < 4.78 is 50.5. The Morgan fingerprint density at radius 3 is 2.42 bits per heavy atom. The molecule has 0 aliphatic carbocycles. The Labute approximate surface area is 109 Å². The largest absolute Gasteiger partial charge is 0.481 e. The van der Waals surface area contributed by atoms with E-state index in [1.165, 1.54) is 14.0 Å². The van der Waals surface area contributed by atoms with Crippen molar-refractivity contribution in [1.82, 2.24) is 4.31 Å². The van der Waals surface area contributed by atoms with Gasteiger partial charge in [-0.05, 0) is 18.2 Å². The van der Waals surface area contributed by atoms with Gasteiger partial charge < -0.3 is 5.11 Å². The van der Waals surface area contributed by atoms with Crippen molar-refractivity contribution in [2.24, 2.45) is 5.92 Å². The van der Waals surface area contributed by atoms with Gasteiger partial charge >= 0.3 is 5.97 Å². The lowest BCUT2D eigenvalue weighted by molar-refractivity contribution is -0.141. The van der Waals surface area contributed by atoms with E-state index in [1.807, 2.05) is 0 Å². The zero-order chi connectivity index (χ0) is 14.8. The number of hydrogen-bond acceptors (Lipinski definition) is 3. The van der Waals surface area contributed by atoms with Gasteiger partial charge in [0, 0.05) is 13.6 Å². The fourth-order valence-electron chi connectivity index (χ4n) is 1.38. The molecule has 8 heteroatoms. The normalized spacial score (nSPS) is 13.5. The highest BCUT2D eigenvalue weighted by Crippen LogP contribution is 2.18. The second kappa shape index (κ2) is 5.62. The van der Waals surface area contributed by atoms with Crippen molar-refractivity contribution in [3.05, 3.63) is 29.8 Å². The Morgan fingerprint density at radius 2 is 1.95 bits per heavy atom. The maximum absolute atomic E-state index is 13.0. The van der Waals surface area contributed by atoms with Crippen molar-refractivity contribution >= 4 is 16.0 Å². The summed E-state index contributed by atoms with van der Waals surface area (Å²) in [4.78, 5) is 10.2. The van der Waals surface area contributed by atoms with Crippen LogP contribution in [0, 0.1) is 17.6 Å². The Kier molecular flexibility index (Phi) is 4.59. The topological polar surface area (TPSA) is 74.7 Å². The molecule has 1 unspecified atom stereocenters. The zero-order valence-electron chi connectivity index (χ0n) is 10.3. The van der Waals surface area contributed by atoms with E-state index >= 15 is 0 Å². The Hall–Kier alpha value is -1.54. The zero-order valence-corrected chi connectivity index (χ0v) is 11.1. The molecule has 0 heterocycles. The Balaban J connectivity index is 3.03. The predicted octanol–water partition coefficient (Wildman–Crippen LogP) is 1.31. The minimum absolute atomic E-state index is 0.267. The van der Waals surface area contributed by atoms with Gasteiger partial charge in [0.05, 0.1) is 10.8 Å². The number of halogens is 2. The summed E-state index contributed by atoms with van der Waals surface area (Å²) in [6.45, 7) is 1.08. The monoisotopic (exact) mass is 293 g/mol. The highest BCUT2D eigenvalue weighted by atomic mass is 32.2. The summed E-state index contributed by atoms with van der Waals surface area (Å²) >= 11 is 0. The number of benzene rings is 1. The van der Waals surface area contributed by atoms with Gasteiger partial charge in [0.15, 0.2) is 11.6 Å². The first kappa shape index (κ1) is 15.5. The van der Waals surface area contributed by atoms with Crippen LogP contribution in [0.4, 0.5) is 8.78 Å². The molecule has 1 aromatic carbocycles. The third-order valence-corrected chi connectivity index (χ3v) is 4.37. The van der Waals surface area contributed by atoms with Crippen LogP contribution in [-0.2, 0) is 14.8 Å². The van der Waals surface area contributed by atoms with Gasteiger partial charge in [-0.15, -0.1) is 0 Å². The third-order valence-electron chi connectivity index (χ3n) is 2.55. The molecule has 5 nitrogen and oxygen atoms in total. The van der Waals surface area contributed by atoms with E-state index in [2.05, 4.69) is 0 Å². The Morgan fingerprint density at radius 1 is 1.37 bits per heavy atom. The van der Waals surface area contributed by atoms with E-state index in [9.17, 15) is 22.0 Å². The summed E-state index contributed by atoms with van der Waals surface area (Å²) in [6, 6.07) is 2.19. The van der Waals surface area contributed by atoms with Crippen LogP contribution in [0.25, 0.3) is 0 Å². The molecule has 1 rings (SSSR count). The molecule has 0 aliphatic rings. The van der Waals surface area contributed by atoms with Crippen molar-refractivity contribution in [1.29, 1.82) is 0 Å². The lowest BCUT2D eigenvalue weighted by Gasteiger charge is -2.19. The summed E-state index contributed by atoms with van der Waals surface area (Å²) in [7, 11) is -2.87. The maximum Gasteiger partial charge on any atom is 0.307 e. The van der Waals surface area contributed by atoms with Crippen molar-refractivity contribution in [2.45, 2.75) is 11.8 Å². The molecule has 106 valence electrons. The molecule has 0 fully saturated rings. The second-order valence-electron chi connectivity index (χ2n) is 4.10. The van der Waals surface area contributed by atoms with E-state index in [1.54, 1.807) is 0 Å². The predicted molar refractivity (Wildman–Crippen MR) is 63.0 cm³/mol. The van der Waals surface area contributed by atoms with Crippen molar-refractivity contribution < 1.29 is 27.1 Å². The molecule has 0 amide bonds. The number of carboxylic acid groups (broad SMARTS) is 1. The van der Waals surface area contributed by atoms with Crippen LogP contribution < -0.4 is 0 Å². The first-order valence-corrected chi connectivity index (χ1v) is 6.74. The molecule has 1 N–H and O–H groups in total. The molecule has 1 atom stereocenters. The van der Waals surface area contributed by atoms with Gasteiger partial charge in [-0.2, -0.15) is 0 Å². The van der Waals surface area contributed by atoms with E-state index in [-0.39, 0.29) is 6.54 Å². The molecule has 0 saturated carbocycles. The Bertz CT molecular complexity index is 588. The molecule has 0 bridgehead atoms. The standard InChI is InChI=1S/C11H13F2NO4S/c1-7(11(15)16)6-14(2)19(17,18)8-3-4-9(12)10(13)5-8/h3-5,7H,6H2,1-2H3,(H,15,16). The quantitative estimate of drug-likeness (QED) is 0.888. The highest BCUT2D eigenvalue weighted by molar-refractivity contribution is 7.89. The molecule has 1 aromatic rings. The number of rotatable bonds is 5. The molecule has 0 radical (unpaired) electrons. The molecular formula is C11H13F2NO4S. The minimum atomic E-state index is -4.04. The maximum atomic E-state index is 13.0. The first-order chi connectivity index (χ1) is 8.66. The van der Waals surface area contributed by atoms with Crippen molar-refractivity contribution in [3.63, 3.8) is 0 Å². The lowest BCUT2D eigenvalue weighted by Crippen LogP contribution is -2.33. The van der Waals surface area contributed by atoms with E-state index in [0.717, 1.165) is 10.4 Å². The van der Waals surface area contributed by atoms with Crippen LogP contribution in [0.5, 0.6) is 0 Å². The molecule has 19 heavy (non-hydrogen) atoms. The van der Waals surface area contributed by atoms with Crippen LogP contribution in [0.3, 0.4) is 0 Å². The fourth-order valence-corrected chi connectivity index (χ4v) is 2.65. The highest BCUT2D eigenvalue weighted by Gasteiger charge is 2.25. The fraction of sp³-hybridized carbons (Fsp3) is 0.364. The number of sulfonamides is 1. The van der Waals surface area contributed by atoms with Gasteiger partial charge in [-0.1, -0.05) is 6.92 Å². The average molecular weight is 293 g/mol. The minimum Gasteiger partial charge on any atom is -0.481 e. The van der Waals surface area contributed by atoms with Gasteiger partial charge in [0.2, 0.25) is 10.0 Å². The van der Waals surface area contributed by atoms with E-state index < -0.39 is 38.4 Å². The number of carboxylic acids is 1. The number of carbonyl (C=O) groups is 1. The number of nitrogens with zero attached hydrogens (tertiary/aromatic N) is 1. The molecule has 0 saturated heterocycles. The molecular weight excluding hydrogens is 280 g/mol. The van der Waals surface area contributed by atoms with Gasteiger partial charge in [-0.3, -0.25) is 4.79 Å². The van der Waals surface area contributed by atoms with E-state index in [0.29, 0.717) is 12.1 Å². The van der Waals surface area contributed by atoms with Crippen LogP contribution in [0.15, 0.2) is 23.1 Å². The lowest BCUT2D eigenvalue weighted by atomic mass is 10.2. The molecule has 0 aromatic heterocycles. The number of hydrogen-bond donors (Lipinski definition) is 1. The summed E-state index contributed by atoms with van der Waals surface area (Å²) in [6.07, 6.45) is 0. The van der Waals surface area contributed by atoms with Crippen LogP contribution in [-0.4, -0.2) is 37.4 Å². The summed E-state index contributed by atoms with van der Waals surface area (Å²) in [5, 5.41) is 8.72. The van der Waals surface area contributed by atoms with E-state index in [4.69, 9.17) is 5.11 Å². The van der Waals surface area contributed by atoms with Crippen molar-refractivity contribution in [3.8, 4) is 0 Å². The summed E-state index contributed by atoms with van der Waals surface area (Å²) in [5.41, 5.74) is 0. The number of aliphatic carboxylic acids is 1. The third kappa shape index (κ3) is 3.48. The summed E-state index contributed by atoms with van der Waals surface area (Å²) in [5.74, 6) is -4.49. The van der Waals surface area contributed by atoms with Gasteiger partial charge in [0.25, 0.3) is 0 Å². The van der Waals surface area contributed by atoms with Gasteiger partial charge in [-0.25, -0.2) is 21.5 Å². The average Bonchev–Trinajstić information content (AvgIpc) is 2.32.